The fourth-order valence-electron chi connectivity index (χ4n) is 3.65. The van der Waals surface area contributed by atoms with Gasteiger partial charge < -0.3 is 4.74 Å². The number of likely N-dealkylation sites (tertiary alicyclic amines) is 1. The average molecular weight is 321 g/mol. The van der Waals surface area contributed by atoms with Gasteiger partial charge in [-0.1, -0.05) is 32.4 Å². The molecule has 3 nitrogen and oxygen atoms in total. The molecule has 0 unspecified atom stereocenters. The summed E-state index contributed by atoms with van der Waals surface area (Å²) in [5, 5.41) is 0. The summed E-state index contributed by atoms with van der Waals surface area (Å²) in [6.45, 7) is 12.1. The van der Waals surface area contributed by atoms with Crippen LogP contribution in [0.5, 0.6) is 0 Å². The zero-order chi connectivity index (χ0) is 15.4. The Hall–Kier alpha value is -0.550. The highest BCUT2D eigenvalue weighted by atomic mass is 32.2. The smallest absolute Gasteiger partial charge is 0.0603 e. The summed E-state index contributed by atoms with van der Waals surface area (Å²) in [5.74, 6) is 0. The molecule has 0 amide bonds. The van der Waals surface area contributed by atoms with Crippen LogP contribution in [-0.4, -0.2) is 48.6 Å². The van der Waals surface area contributed by atoms with Crippen LogP contribution >= 0.6 is 11.9 Å². The van der Waals surface area contributed by atoms with Gasteiger partial charge in [-0.3, -0.25) is 4.90 Å². The largest absolute Gasteiger partial charge is 0.379 e. The highest BCUT2D eigenvalue weighted by molar-refractivity contribution is 7.97. The molecule has 0 spiro atoms. The Bertz CT molecular complexity index is 482. The van der Waals surface area contributed by atoms with Crippen LogP contribution < -0.4 is 0 Å². The molecule has 2 saturated heterocycles. The molecular formula is C18H28N2OS. The second-order valence-corrected chi connectivity index (χ2v) is 8.16. The van der Waals surface area contributed by atoms with Gasteiger partial charge in [0.05, 0.1) is 13.2 Å². The topological polar surface area (TPSA) is 15.7 Å². The van der Waals surface area contributed by atoms with E-state index >= 15 is 0 Å². The highest BCUT2D eigenvalue weighted by Crippen LogP contribution is 2.35. The van der Waals surface area contributed by atoms with Gasteiger partial charge >= 0.3 is 0 Å². The summed E-state index contributed by atoms with van der Waals surface area (Å²) < 4.78 is 7.82. The number of morpholine rings is 1. The number of nitrogens with zero attached hydrogens (tertiary/aromatic N) is 2. The SMILES string of the molecule is CCCC1(C)CN(Cc2cccc(SN3CCOCC3)c2)C1. The lowest BCUT2D eigenvalue weighted by Gasteiger charge is -2.48. The molecule has 0 saturated carbocycles. The zero-order valence-electron chi connectivity index (χ0n) is 13.9. The number of hydrogen-bond donors (Lipinski definition) is 0. The maximum absolute atomic E-state index is 5.41. The van der Waals surface area contributed by atoms with E-state index in [1.165, 1.54) is 36.4 Å². The van der Waals surface area contributed by atoms with Gasteiger partial charge in [-0.2, -0.15) is 0 Å². The fraction of sp³-hybridized carbons (Fsp3) is 0.667. The maximum atomic E-state index is 5.41. The van der Waals surface area contributed by atoms with Crippen LogP contribution in [-0.2, 0) is 11.3 Å². The Kier molecular flexibility index (Phi) is 5.45. The molecule has 122 valence electrons. The van der Waals surface area contributed by atoms with Crippen LogP contribution in [0.15, 0.2) is 29.2 Å². The molecule has 0 N–H and O–H groups in total. The lowest BCUT2D eigenvalue weighted by atomic mass is 9.78. The van der Waals surface area contributed by atoms with Crippen molar-refractivity contribution in [2.75, 3.05) is 39.4 Å². The Morgan fingerprint density at radius 2 is 2.00 bits per heavy atom. The van der Waals surface area contributed by atoms with Gasteiger partial charge in [0.15, 0.2) is 0 Å². The van der Waals surface area contributed by atoms with Gasteiger partial charge in [-0.05, 0) is 41.5 Å². The van der Waals surface area contributed by atoms with Crippen molar-refractivity contribution < 1.29 is 4.74 Å². The van der Waals surface area contributed by atoms with E-state index in [1.807, 2.05) is 11.9 Å². The Morgan fingerprint density at radius 3 is 2.73 bits per heavy atom. The first-order chi connectivity index (χ1) is 10.7. The van der Waals surface area contributed by atoms with Crippen molar-refractivity contribution in [3.63, 3.8) is 0 Å². The standard InChI is InChI=1S/C18H28N2OS/c1-3-7-18(2)14-19(15-18)13-16-5-4-6-17(12-16)22-20-8-10-21-11-9-20/h4-6,12H,3,7-11,13-15H2,1-2H3. The Labute approximate surface area is 139 Å². The number of rotatable bonds is 6. The second-order valence-electron chi connectivity index (χ2n) is 6.99. The van der Waals surface area contributed by atoms with Crippen molar-refractivity contribution in [3.05, 3.63) is 29.8 Å². The summed E-state index contributed by atoms with van der Waals surface area (Å²) in [5.41, 5.74) is 2.01. The zero-order valence-corrected chi connectivity index (χ0v) is 14.7. The predicted molar refractivity (Wildman–Crippen MR) is 93.0 cm³/mol. The van der Waals surface area contributed by atoms with Gasteiger partial charge in [-0.15, -0.1) is 0 Å². The summed E-state index contributed by atoms with van der Waals surface area (Å²) in [7, 11) is 0. The predicted octanol–water partition coefficient (Wildman–Crippen LogP) is 3.65. The second kappa shape index (κ2) is 7.35. The average Bonchev–Trinajstić information content (AvgIpc) is 2.47. The molecule has 3 rings (SSSR count). The minimum atomic E-state index is 0.564. The van der Waals surface area contributed by atoms with Crippen molar-refractivity contribution in [1.29, 1.82) is 0 Å². The van der Waals surface area contributed by atoms with E-state index in [4.69, 9.17) is 4.74 Å². The quantitative estimate of drug-likeness (QED) is 0.743. The van der Waals surface area contributed by atoms with Crippen LogP contribution in [0.2, 0.25) is 0 Å². The molecule has 4 heteroatoms. The van der Waals surface area contributed by atoms with Gasteiger partial charge in [-0.25, -0.2) is 4.31 Å². The number of hydrogen-bond acceptors (Lipinski definition) is 4. The van der Waals surface area contributed by atoms with Crippen LogP contribution in [0.3, 0.4) is 0 Å². The molecule has 22 heavy (non-hydrogen) atoms. The van der Waals surface area contributed by atoms with Crippen LogP contribution in [0.4, 0.5) is 0 Å². The molecule has 1 aromatic rings. The molecule has 2 heterocycles. The molecular weight excluding hydrogens is 292 g/mol. The minimum absolute atomic E-state index is 0.564. The molecule has 0 bridgehead atoms. The molecule has 2 fully saturated rings. The first-order valence-electron chi connectivity index (χ1n) is 8.49. The normalized spacial score (nSPS) is 22.5. The summed E-state index contributed by atoms with van der Waals surface area (Å²) >= 11 is 1.87. The summed E-state index contributed by atoms with van der Waals surface area (Å²) in [6.07, 6.45) is 2.66. The monoisotopic (exact) mass is 320 g/mol. The van der Waals surface area contributed by atoms with Crippen molar-refractivity contribution in [2.45, 2.75) is 38.1 Å². The van der Waals surface area contributed by atoms with Crippen LogP contribution in [0, 0.1) is 5.41 Å². The van der Waals surface area contributed by atoms with Crippen LogP contribution in [0.1, 0.15) is 32.3 Å². The lowest BCUT2D eigenvalue weighted by molar-refractivity contribution is 0.00194. The van der Waals surface area contributed by atoms with Gasteiger partial charge in [0.2, 0.25) is 0 Å². The van der Waals surface area contributed by atoms with Crippen molar-refractivity contribution in [1.82, 2.24) is 9.21 Å². The molecule has 0 radical (unpaired) electrons. The minimum Gasteiger partial charge on any atom is -0.379 e. The van der Waals surface area contributed by atoms with E-state index in [-0.39, 0.29) is 0 Å². The van der Waals surface area contributed by atoms with Crippen molar-refractivity contribution in [2.24, 2.45) is 5.41 Å². The van der Waals surface area contributed by atoms with E-state index in [9.17, 15) is 0 Å². The van der Waals surface area contributed by atoms with E-state index in [0.717, 1.165) is 32.8 Å². The molecule has 2 aliphatic heterocycles. The Morgan fingerprint density at radius 1 is 1.23 bits per heavy atom. The third kappa shape index (κ3) is 4.25. The third-order valence-corrected chi connectivity index (χ3v) is 5.66. The van der Waals surface area contributed by atoms with Gasteiger partial charge in [0.1, 0.15) is 0 Å². The molecule has 2 aliphatic rings. The first kappa shape index (κ1) is 16.3. The molecule has 0 atom stereocenters. The highest BCUT2D eigenvalue weighted by Gasteiger charge is 2.37. The first-order valence-corrected chi connectivity index (χ1v) is 9.26. The summed E-state index contributed by atoms with van der Waals surface area (Å²) in [6, 6.07) is 9.04. The van der Waals surface area contributed by atoms with E-state index < -0.39 is 0 Å². The van der Waals surface area contributed by atoms with Crippen molar-refractivity contribution >= 4 is 11.9 Å². The van der Waals surface area contributed by atoms with Gasteiger partial charge in [0, 0.05) is 37.6 Å². The molecule has 0 aliphatic carbocycles. The van der Waals surface area contributed by atoms with E-state index in [0.29, 0.717) is 5.41 Å². The van der Waals surface area contributed by atoms with E-state index in [1.54, 1.807) is 0 Å². The molecule has 0 aromatic heterocycles. The molecule has 1 aromatic carbocycles. The maximum Gasteiger partial charge on any atom is 0.0603 e. The third-order valence-electron chi connectivity index (χ3n) is 4.57. The van der Waals surface area contributed by atoms with Crippen LogP contribution in [0.25, 0.3) is 0 Å². The lowest BCUT2D eigenvalue weighted by Crippen LogP contribution is -2.53. The van der Waals surface area contributed by atoms with Gasteiger partial charge in [0.25, 0.3) is 0 Å². The number of benzene rings is 1. The summed E-state index contributed by atoms with van der Waals surface area (Å²) in [4.78, 5) is 3.94. The fourth-order valence-corrected chi connectivity index (χ4v) is 4.63. The Balaban J connectivity index is 1.51. The van der Waals surface area contributed by atoms with E-state index in [2.05, 4.69) is 47.3 Å². The number of ether oxygens (including phenoxy) is 1. The van der Waals surface area contributed by atoms with Crippen molar-refractivity contribution in [3.8, 4) is 0 Å².